The zero-order valence-corrected chi connectivity index (χ0v) is 21.2. The average Bonchev–Trinajstić information content (AvgIpc) is 2.82. The van der Waals surface area contributed by atoms with E-state index in [0.29, 0.717) is 20.7 Å². The van der Waals surface area contributed by atoms with Crippen molar-refractivity contribution in [3.63, 3.8) is 0 Å². The number of urea groups is 1. The van der Waals surface area contributed by atoms with E-state index in [0.717, 1.165) is 10.5 Å². The lowest BCUT2D eigenvalue weighted by atomic mass is 10.1. The van der Waals surface area contributed by atoms with Gasteiger partial charge in [0.05, 0.1) is 5.69 Å². The minimum atomic E-state index is -0.886. The lowest BCUT2D eigenvalue weighted by Crippen LogP contribution is -2.54. The summed E-state index contributed by atoms with van der Waals surface area (Å²) >= 11 is 9.37. The molecule has 3 aromatic carbocycles. The zero-order valence-electron chi connectivity index (χ0n) is 18.9. The van der Waals surface area contributed by atoms with E-state index in [1.165, 1.54) is 18.2 Å². The highest BCUT2D eigenvalue weighted by atomic mass is 79.9. The highest BCUT2D eigenvalue weighted by Gasteiger charge is 2.37. The maximum absolute atomic E-state index is 13.2. The fourth-order valence-electron chi connectivity index (χ4n) is 3.47. The predicted molar refractivity (Wildman–Crippen MR) is 140 cm³/mol. The topological polar surface area (TPSA) is 105 Å². The van der Waals surface area contributed by atoms with Crippen LogP contribution in [0, 0.1) is 6.92 Å². The molecule has 0 aromatic heterocycles. The Morgan fingerprint density at radius 3 is 2.61 bits per heavy atom. The Hall–Kier alpha value is -3.95. The van der Waals surface area contributed by atoms with Gasteiger partial charge in [0, 0.05) is 20.7 Å². The average molecular weight is 569 g/mol. The summed E-state index contributed by atoms with van der Waals surface area (Å²) in [7, 11) is 0. The number of anilines is 2. The van der Waals surface area contributed by atoms with Crippen LogP contribution in [0.25, 0.3) is 6.08 Å². The molecule has 0 radical (unpaired) electrons. The van der Waals surface area contributed by atoms with Crippen molar-refractivity contribution in [1.29, 1.82) is 0 Å². The maximum Gasteiger partial charge on any atom is 0.335 e. The van der Waals surface area contributed by atoms with Crippen LogP contribution in [0.4, 0.5) is 16.2 Å². The molecule has 36 heavy (non-hydrogen) atoms. The van der Waals surface area contributed by atoms with Gasteiger partial charge in [0.15, 0.2) is 6.61 Å². The van der Waals surface area contributed by atoms with Gasteiger partial charge in [-0.05, 0) is 61.0 Å². The van der Waals surface area contributed by atoms with Gasteiger partial charge in [-0.3, -0.25) is 19.7 Å². The Labute approximate surface area is 220 Å². The Balaban J connectivity index is 1.59. The van der Waals surface area contributed by atoms with Crippen LogP contribution in [-0.4, -0.2) is 30.4 Å². The summed E-state index contributed by atoms with van der Waals surface area (Å²) in [6.45, 7) is 1.57. The number of ether oxygens (including phenoxy) is 1. The highest BCUT2D eigenvalue weighted by molar-refractivity contribution is 9.10. The first-order valence-corrected chi connectivity index (χ1v) is 11.8. The number of carbonyl (C=O) groups excluding carboxylic acids is 4. The van der Waals surface area contributed by atoms with Crippen molar-refractivity contribution in [3.05, 3.63) is 92.9 Å². The van der Waals surface area contributed by atoms with Crippen molar-refractivity contribution in [2.45, 2.75) is 6.92 Å². The standard InChI is InChI=1S/C26H19BrClN3O5/c1-15-5-2-3-8-21(15)29-23(32)14-36-22-10-9-17(27)11-16(22)12-20-24(33)30-26(35)31(25(20)34)19-7-4-6-18(28)13-19/h2-13H,14H2,1H3,(H,29,32)(H,30,33,35)/b20-12+. The fourth-order valence-corrected chi connectivity index (χ4v) is 4.03. The van der Waals surface area contributed by atoms with Crippen molar-refractivity contribution >= 4 is 68.7 Å². The largest absolute Gasteiger partial charge is 0.483 e. The summed E-state index contributed by atoms with van der Waals surface area (Å²) in [5.41, 5.74) is 1.84. The Bertz CT molecular complexity index is 1420. The third kappa shape index (κ3) is 5.64. The van der Waals surface area contributed by atoms with E-state index in [1.54, 1.807) is 36.4 Å². The number of nitrogens with one attached hydrogen (secondary N) is 2. The van der Waals surface area contributed by atoms with E-state index in [4.69, 9.17) is 16.3 Å². The SMILES string of the molecule is Cc1ccccc1NC(=O)COc1ccc(Br)cc1/C=C1\C(=O)NC(=O)N(c2cccc(Cl)c2)C1=O. The summed E-state index contributed by atoms with van der Waals surface area (Å²) in [6.07, 6.45) is 1.31. The Kier molecular flexibility index (Phi) is 7.52. The molecule has 1 aliphatic heterocycles. The molecule has 8 nitrogen and oxygen atoms in total. The van der Waals surface area contributed by atoms with Crippen molar-refractivity contribution in [2.24, 2.45) is 0 Å². The second-order valence-electron chi connectivity index (χ2n) is 7.77. The summed E-state index contributed by atoms with van der Waals surface area (Å²) in [5, 5.41) is 5.26. The van der Waals surface area contributed by atoms with Crippen LogP contribution in [0.5, 0.6) is 5.75 Å². The summed E-state index contributed by atoms with van der Waals surface area (Å²) in [5.74, 6) is -1.80. The van der Waals surface area contributed by atoms with Gasteiger partial charge in [0.2, 0.25) is 0 Å². The second kappa shape index (κ2) is 10.8. The molecule has 4 rings (SSSR count). The van der Waals surface area contributed by atoms with Gasteiger partial charge in [-0.2, -0.15) is 0 Å². The molecule has 182 valence electrons. The molecule has 0 unspecified atom stereocenters. The number of amides is 5. The maximum atomic E-state index is 13.2. The van der Waals surface area contributed by atoms with Gasteiger partial charge in [-0.15, -0.1) is 0 Å². The smallest absolute Gasteiger partial charge is 0.335 e. The van der Waals surface area contributed by atoms with Crippen LogP contribution >= 0.6 is 27.5 Å². The molecule has 5 amide bonds. The monoisotopic (exact) mass is 567 g/mol. The molecule has 1 heterocycles. The number of halogens is 2. The quantitative estimate of drug-likeness (QED) is 0.318. The highest BCUT2D eigenvalue weighted by Crippen LogP contribution is 2.29. The summed E-state index contributed by atoms with van der Waals surface area (Å²) < 4.78 is 6.36. The summed E-state index contributed by atoms with van der Waals surface area (Å²) in [4.78, 5) is 51.4. The van der Waals surface area contributed by atoms with Crippen molar-refractivity contribution < 1.29 is 23.9 Å². The van der Waals surface area contributed by atoms with Crippen molar-refractivity contribution in [1.82, 2.24) is 5.32 Å². The van der Waals surface area contributed by atoms with Gasteiger partial charge in [0.1, 0.15) is 11.3 Å². The number of rotatable bonds is 6. The van der Waals surface area contributed by atoms with Gasteiger partial charge in [-0.25, -0.2) is 9.69 Å². The van der Waals surface area contributed by atoms with Crippen LogP contribution in [0.3, 0.4) is 0 Å². The molecule has 0 saturated carbocycles. The zero-order chi connectivity index (χ0) is 25.8. The third-order valence-electron chi connectivity index (χ3n) is 5.22. The molecule has 1 fully saturated rings. The third-order valence-corrected chi connectivity index (χ3v) is 5.95. The molecular formula is C26H19BrClN3O5. The summed E-state index contributed by atoms with van der Waals surface area (Å²) in [6, 6.07) is 17.5. The van der Waals surface area contributed by atoms with E-state index >= 15 is 0 Å². The van der Waals surface area contributed by atoms with Crippen LogP contribution in [0.2, 0.25) is 5.02 Å². The van der Waals surface area contributed by atoms with Gasteiger partial charge < -0.3 is 10.1 Å². The van der Waals surface area contributed by atoms with Crippen LogP contribution in [-0.2, 0) is 14.4 Å². The van der Waals surface area contributed by atoms with Crippen molar-refractivity contribution in [2.75, 3.05) is 16.8 Å². The predicted octanol–water partition coefficient (Wildman–Crippen LogP) is 5.09. The fraction of sp³-hybridized carbons (Fsp3) is 0.0769. The molecule has 0 atom stereocenters. The molecule has 10 heteroatoms. The van der Waals surface area contributed by atoms with E-state index in [9.17, 15) is 19.2 Å². The van der Waals surface area contributed by atoms with E-state index in [1.807, 2.05) is 25.1 Å². The molecule has 2 N–H and O–H groups in total. The van der Waals surface area contributed by atoms with Crippen LogP contribution < -0.4 is 20.3 Å². The number of barbiturate groups is 1. The van der Waals surface area contributed by atoms with E-state index in [2.05, 4.69) is 26.6 Å². The normalized spacial score (nSPS) is 14.6. The first-order chi connectivity index (χ1) is 17.2. The number of hydrogen-bond acceptors (Lipinski definition) is 5. The van der Waals surface area contributed by atoms with Crippen LogP contribution in [0.1, 0.15) is 11.1 Å². The minimum Gasteiger partial charge on any atom is -0.483 e. The number of carbonyl (C=O) groups is 4. The number of benzene rings is 3. The van der Waals surface area contributed by atoms with E-state index < -0.39 is 17.8 Å². The number of nitrogens with zero attached hydrogens (tertiary/aromatic N) is 1. The van der Waals surface area contributed by atoms with Gasteiger partial charge in [-0.1, -0.05) is 51.8 Å². The lowest BCUT2D eigenvalue weighted by Gasteiger charge is -2.26. The van der Waals surface area contributed by atoms with Gasteiger partial charge in [0.25, 0.3) is 17.7 Å². The first kappa shape index (κ1) is 25.2. The first-order valence-electron chi connectivity index (χ1n) is 10.7. The molecular weight excluding hydrogens is 550 g/mol. The second-order valence-corrected chi connectivity index (χ2v) is 9.12. The molecule has 0 spiro atoms. The number of aryl methyl sites for hydroxylation is 1. The molecule has 1 aliphatic rings. The number of hydrogen-bond donors (Lipinski definition) is 2. The van der Waals surface area contributed by atoms with Gasteiger partial charge >= 0.3 is 6.03 Å². The minimum absolute atomic E-state index is 0.210. The van der Waals surface area contributed by atoms with E-state index in [-0.39, 0.29) is 29.5 Å². The molecule has 0 bridgehead atoms. The Morgan fingerprint density at radius 2 is 1.86 bits per heavy atom. The van der Waals surface area contributed by atoms with Crippen LogP contribution in [0.15, 0.2) is 76.8 Å². The molecule has 3 aromatic rings. The number of imide groups is 2. The molecule has 1 saturated heterocycles. The lowest BCUT2D eigenvalue weighted by molar-refractivity contribution is -0.122. The number of para-hydroxylation sites is 1. The van der Waals surface area contributed by atoms with Crippen molar-refractivity contribution in [3.8, 4) is 5.75 Å². The Morgan fingerprint density at radius 1 is 1.08 bits per heavy atom. The molecule has 0 aliphatic carbocycles.